The number of hydrogen-bond acceptors (Lipinski definition) is 4. The summed E-state index contributed by atoms with van der Waals surface area (Å²) in [5.41, 5.74) is 2.30. The predicted molar refractivity (Wildman–Crippen MR) is 116 cm³/mol. The van der Waals surface area contributed by atoms with E-state index < -0.39 is 5.56 Å². The molecule has 144 valence electrons. The van der Waals surface area contributed by atoms with E-state index >= 15 is 0 Å². The zero-order chi connectivity index (χ0) is 20.2. The van der Waals surface area contributed by atoms with Crippen LogP contribution in [0.15, 0.2) is 90.0 Å². The average Bonchev–Trinajstić information content (AvgIpc) is 2.76. The van der Waals surface area contributed by atoms with Crippen LogP contribution in [0.2, 0.25) is 10.0 Å². The molecule has 0 radical (unpaired) electrons. The average molecular weight is 423 g/mol. The highest BCUT2D eigenvalue weighted by Crippen LogP contribution is 2.29. The molecule has 0 bridgehead atoms. The summed E-state index contributed by atoms with van der Waals surface area (Å²) in [6, 6.07) is 21.8. The lowest BCUT2D eigenvalue weighted by Crippen LogP contribution is -2.24. The number of para-hydroxylation sites is 1. The first kappa shape index (κ1) is 19.2. The number of pyridine rings is 1. The fraction of sp³-hybridized carbons (Fsp3) is 0.0455. The molecule has 0 amide bonds. The third-order valence-electron chi connectivity index (χ3n) is 4.39. The molecule has 0 saturated heterocycles. The Morgan fingerprint density at radius 1 is 0.931 bits per heavy atom. The van der Waals surface area contributed by atoms with Crippen LogP contribution in [-0.4, -0.2) is 14.8 Å². The first-order valence-electron chi connectivity index (χ1n) is 8.89. The number of anilines is 1. The lowest BCUT2D eigenvalue weighted by Gasteiger charge is -2.21. The number of rotatable bonds is 5. The van der Waals surface area contributed by atoms with E-state index in [-0.39, 0.29) is 11.1 Å². The molecule has 1 N–H and O–H groups in total. The van der Waals surface area contributed by atoms with E-state index in [1.54, 1.807) is 24.4 Å². The molecule has 2 aromatic carbocycles. The van der Waals surface area contributed by atoms with Crippen LogP contribution in [0, 0.1) is 0 Å². The molecule has 1 unspecified atom stereocenters. The van der Waals surface area contributed by atoms with E-state index in [1.165, 1.54) is 10.9 Å². The van der Waals surface area contributed by atoms with E-state index in [2.05, 4.69) is 15.4 Å². The van der Waals surface area contributed by atoms with Gasteiger partial charge in [-0.15, -0.1) is 0 Å². The quantitative estimate of drug-likeness (QED) is 0.483. The van der Waals surface area contributed by atoms with Crippen molar-refractivity contribution < 1.29 is 0 Å². The fourth-order valence-electron chi connectivity index (χ4n) is 3.00. The van der Waals surface area contributed by atoms with Crippen molar-refractivity contribution in [2.75, 3.05) is 5.32 Å². The van der Waals surface area contributed by atoms with E-state index in [0.29, 0.717) is 16.4 Å². The standard InChI is InChI=1S/C22H16Cl2N4O/c23-16-8-6-7-15(13-16)21(18-11-4-5-12-25-18)27-19-14-26-28(22(29)20(19)24)17-9-2-1-3-10-17/h1-14,21,27H. The number of benzene rings is 2. The normalized spacial score (nSPS) is 11.8. The number of hydrogen-bond donors (Lipinski definition) is 1. The number of nitrogens with zero attached hydrogens (tertiary/aromatic N) is 3. The van der Waals surface area contributed by atoms with Gasteiger partial charge < -0.3 is 5.32 Å². The second kappa shape index (κ2) is 8.47. The van der Waals surface area contributed by atoms with Crippen molar-refractivity contribution in [3.05, 3.63) is 117 Å². The summed E-state index contributed by atoms with van der Waals surface area (Å²) in [5, 5.41) is 8.23. The Morgan fingerprint density at radius 3 is 2.45 bits per heavy atom. The lowest BCUT2D eigenvalue weighted by atomic mass is 10.0. The summed E-state index contributed by atoms with van der Waals surface area (Å²) >= 11 is 12.6. The summed E-state index contributed by atoms with van der Waals surface area (Å²) in [6.07, 6.45) is 3.25. The zero-order valence-corrected chi connectivity index (χ0v) is 16.7. The van der Waals surface area contributed by atoms with Gasteiger partial charge in [0, 0.05) is 11.2 Å². The van der Waals surface area contributed by atoms with Crippen LogP contribution in [-0.2, 0) is 0 Å². The highest BCUT2D eigenvalue weighted by Gasteiger charge is 2.19. The molecule has 29 heavy (non-hydrogen) atoms. The van der Waals surface area contributed by atoms with Crippen LogP contribution in [0.3, 0.4) is 0 Å². The molecule has 0 aliphatic rings. The van der Waals surface area contributed by atoms with E-state index in [4.69, 9.17) is 23.2 Å². The molecule has 0 aliphatic heterocycles. The van der Waals surface area contributed by atoms with Gasteiger partial charge in [0.25, 0.3) is 5.56 Å². The van der Waals surface area contributed by atoms with E-state index in [0.717, 1.165) is 11.3 Å². The minimum absolute atomic E-state index is 0.0480. The second-order valence-electron chi connectivity index (χ2n) is 6.31. The van der Waals surface area contributed by atoms with Crippen LogP contribution in [0.25, 0.3) is 5.69 Å². The minimum Gasteiger partial charge on any atom is -0.370 e. The summed E-state index contributed by atoms with van der Waals surface area (Å²) < 4.78 is 1.27. The van der Waals surface area contributed by atoms with Gasteiger partial charge in [0.2, 0.25) is 0 Å². The Morgan fingerprint density at radius 2 is 1.72 bits per heavy atom. The van der Waals surface area contributed by atoms with Crippen molar-refractivity contribution in [3.8, 4) is 5.69 Å². The smallest absolute Gasteiger partial charge is 0.292 e. The lowest BCUT2D eigenvalue weighted by molar-refractivity contribution is 0.801. The van der Waals surface area contributed by atoms with Crippen LogP contribution in [0.4, 0.5) is 5.69 Å². The van der Waals surface area contributed by atoms with Gasteiger partial charge in [-0.25, -0.2) is 0 Å². The van der Waals surface area contributed by atoms with Gasteiger partial charge in [0.1, 0.15) is 5.02 Å². The molecule has 4 aromatic rings. The number of aromatic nitrogens is 3. The Hall–Kier alpha value is -3.15. The molecule has 0 saturated carbocycles. The van der Waals surface area contributed by atoms with Gasteiger partial charge >= 0.3 is 0 Å². The highest BCUT2D eigenvalue weighted by atomic mass is 35.5. The van der Waals surface area contributed by atoms with Gasteiger partial charge in [-0.1, -0.05) is 59.6 Å². The fourth-order valence-corrected chi connectivity index (χ4v) is 3.39. The third kappa shape index (κ3) is 4.16. The molecule has 0 spiro atoms. The molecule has 2 aromatic heterocycles. The summed E-state index contributed by atoms with van der Waals surface area (Å²) in [5.74, 6) is 0. The van der Waals surface area contributed by atoms with Gasteiger partial charge in [-0.05, 0) is 42.0 Å². The van der Waals surface area contributed by atoms with Gasteiger partial charge in [-0.3, -0.25) is 9.78 Å². The molecule has 1 atom stereocenters. The van der Waals surface area contributed by atoms with Crippen LogP contribution < -0.4 is 10.9 Å². The van der Waals surface area contributed by atoms with Crippen molar-refractivity contribution in [1.82, 2.24) is 14.8 Å². The maximum atomic E-state index is 12.8. The molecule has 5 nitrogen and oxygen atoms in total. The van der Waals surface area contributed by atoms with Crippen molar-refractivity contribution in [1.29, 1.82) is 0 Å². The third-order valence-corrected chi connectivity index (χ3v) is 4.99. The SMILES string of the molecule is O=c1c(Cl)c(NC(c2cccc(Cl)c2)c2ccccn2)cnn1-c1ccccc1. The Balaban J connectivity index is 1.75. The molecule has 7 heteroatoms. The van der Waals surface area contributed by atoms with Gasteiger partial charge in [-0.2, -0.15) is 9.78 Å². The Bertz CT molecular complexity index is 1180. The number of halogens is 2. The largest absolute Gasteiger partial charge is 0.370 e. The van der Waals surface area contributed by atoms with Crippen molar-refractivity contribution in [3.63, 3.8) is 0 Å². The molecule has 0 aliphatic carbocycles. The predicted octanol–water partition coefficient (Wildman–Crippen LogP) is 5.14. The second-order valence-corrected chi connectivity index (χ2v) is 7.13. The Labute approximate surface area is 177 Å². The maximum Gasteiger partial charge on any atom is 0.292 e. The van der Waals surface area contributed by atoms with Crippen LogP contribution in [0.1, 0.15) is 17.3 Å². The first-order chi connectivity index (χ1) is 14.1. The van der Waals surface area contributed by atoms with Crippen molar-refractivity contribution in [2.45, 2.75) is 6.04 Å². The first-order valence-corrected chi connectivity index (χ1v) is 9.65. The van der Waals surface area contributed by atoms with Crippen LogP contribution in [0.5, 0.6) is 0 Å². The Kier molecular flexibility index (Phi) is 5.60. The topological polar surface area (TPSA) is 59.8 Å². The summed E-state index contributed by atoms with van der Waals surface area (Å²) in [4.78, 5) is 17.2. The zero-order valence-electron chi connectivity index (χ0n) is 15.2. The monoisotopic (exact) mass is 422 g/mol. The van der Waals surface area contributed by atoms with Crippen molar-refractivity contribution in [2.24, 2.45) is 0 Å². The minimum atomic E-state index is -0.409. The highest BCUT2D eigenvalue weighted by molar-refractivity contribution is 6.33. The van der Waals surface area contributed by atoms with Crippen LogP contribution >= 0.6 is 23.2 Å². The molecular formula is C22H16Cl2N4O. The number of nitrogens with one attached hydrogen (secondary N) is 1. The molecule has 0 fully saturated rings. The maximum absolute atomic E-state index is 12.8. The molecule has 4 rings (SSSR count). The van der Waals surface area contributed by atoms with Gasteiger partial charge in [0.15, 0.2) is 0 Å². The van der Waals surface area contributed by atoms with E-state index in [9.17, 15) is 4.79 Å². The van der Waals surface area contributed by atoms with Gasteiger partial charge in [0.05, 0.1) is 29.3 Å². The van der Waals surface area contributed by atoms with E-state index in [1.807, 2.05) is 54.6 Å². The van der Waals surface area contributed by atoms with Crippen molar-refractivity contribution >= 4 is 28.9 Å². The molecular weight excluding hydrogens is 407 g/mol. The summed E-state index contributed by atoms with van der Waals surface area (Å²) in [7, 11) is 0. The summed E-state index contributed by atoms with van der Waals surface area (Å²) in [6.45, 7) is 0. The molecule has 2 heterocycles.